The normalized spacial score (nSPS) is 26.2. The predicted molar refractivity (Wildman–Crippen MR) is 99.3 cm³/mol. The molecule has 2 fully saturated rings. The Balaban J connectivity index is 1.66. The molecule has 0 spiro atoms. The molecule has 1 aromatic carbocycles. The van der Waals surface area contributed by atoms with E-state index in [0.29, 0.717) is 24.5 Å². The van der Waals surface area contributed by atoms with Gasteiger partial charge < -0.3 is 9.84 Å². The number of allylic oxidation sites excluding steroid dienone is 1. The van der Waals surface area contributed by atoms with E-state index in [4.69, 9.17) is 4.52 Å². The number of nitrogens with zero attached hydrogens (tertiary/aromatic N) is 2. The zero-order valence-corrected chi connectivity index (χ0v) is 16.0. The van der Waals surface area contributed by atoms with Crippen molar-refractivity contribution >= 4 is 16.1 Å². The second kappa shape index (κ2) is 6.33. The lowest BCUT2D eigenvalue weighted by Crippen LogP contribution is -2.73. The number of piperidine rings is 1. The first-order valence-corrected chi connectivity index (χ1v) is 10.3. The van der Waals surface area contributed by atoms with Gasteiger partial charge in [0.25, 0.3) is 0 Å². The van der Waals surface area contributed by atoms with E-state index < -0.39 is 10.0 Å². The second-order valence-corrected chi connectivity index (χ2v) is 8.75. The number of nitrogens with one attached hydrogen (secondary N) is 1. The first-order chi connectivity index (χ1) is 12.4. The van der Waals surface area contributed by atoms with E-state index in [2.05, 4.69) is 40.8 Å². The molecule has 2 bridgehead atoms. The fraction of sp³-hybridized carbons (Fsp3) is 0.421. The van der Waals surface area contributed by atoms with Crippen LogP contribution < -0.4 is 5.32 Å². The first kappa shape index (κ1) is 17.5. The van der Waals surface area contributed by atoms with E-state index in [1.807, 2.05) is 13.0 Å². The number of aromatic nitrogens is 1. The largest absolute Gasteiger partial charge is 0.360 e. The van der Waals surface area contributed by atoms with E-state index in [9.17, 15) is 8.42 Å². The molecule has 0 aliphatic carbocycles. The molecule has 138 valence electrons. The topological polar surface area (TPSA) is 75.4 Å². The van der Waals surface area contributed by atoms with E-state index in [1.165, 1.54) is 5.56 Å². The zero-order valence-electron chi connectivity index (χ0n) is 15.1. The minimum Gasteiger partial charge on any atom is -0.360 e. The van der Waals surface area contributed by atoms with Gasteiger partial charge in [-0.1, -0.05) is 41.6 Å². The van der Waals surface area contributed by atoms with Crippen LogP contribution in [0.3, 0.4) is 0 Å². The molecular weight excluding hydrogens is 350 g/mol. The van der Waals surface area contributed by atoms with E-state index in [1.54, 1.807) is 18.2 Å². The fourth-order valence-electron chi connectivity index (χ4n) is 4.30. The van der Waals surface area contributed by atoms with E-state index in [-0.39, 0.29) is 22.9 Å². The molecule has 1 aromatic heterocycles. The monoisotopic (exact) mass is 373 g/mol. The SMILES string of the molecule is C/C=C/c1ccc(C2[C@H]3CNC[C@@H]2N3S(=O)(=O)c2c(C)noc2C)cc1. The van der Waals surface area contributed by atoms with Crippen LogP contribution in [0.5, 0.6) is 0 Å². The number of sulfonamides is 1. The highest BCUT2D eigenvalue weighted by Gasteiger charge is 2.57. The molecule has 0 saturated carbocycles. The molecule has 1 N–H and O–H groups in total. The van der Waals surface area contributed by atoms with Crippen molar-refractivity contribution in [2.24, 2.45) is 0 Å². The molecule has 2 aliphatic heterocycles. The lowest BCUT2D eigenvalue weighted by Gasteiger charge is -2.57. The molecule has 2 saturated heterocycles. The number of aryl methyl sites for hydroxylation is 2. The molecule has 2 aliphatic rings. The number of benzene rings is 1. The molecular formula is C19H23N3O3S. The van der Waals surface area contributed by atoms with Crippen LogP contribution in [-0.4, -0.2) is 43.1 Å². The Labute approximate surface area is 153 Å². The third-order valence-electron chi connectivity index (χ3n) is 5.37. The number of fused-ring (bicyclic) bond motifs is 2. The van der Waals surface area contributed by atoms with Gasteiger partial charge in [-0.05, 0) is 31.9 Å². The Kier molecular flexibility index (Phi) is 4.25. The van der Waals surface area contributed by atoms with E-state index in [0.717, 1.165) is 5.56 Å². The quantitative estimate of drug-likeness (QED) is 0.891. The van der Waals surface area contributed by atoms with Gasteiger partial charge in [0.2, 0.25) is 10.0 Å². The van der Waals surface area contributed by atoms with Gasteiger partial charge >= 0.3 is 0 Å². The van der Waals surface area contributed by atoms with Crippen molar-refractivity contribution in [3.8, 4) is 0 Å². The Morgan fingerprint density at radius 2 is 1.85 bits per heavy atom. The van der Waals surface area contributed by atoms with Crippen molar-refractivity contribution in [2.75, 3.05) is 13.1 Å². The van der Waals surface area contributed by atoms with Crippen LogP contribution in [0.1, 0.15) is 35.4 Å². The molecule has 4 rings (SSSR count). The Morgan fingerprint density at radius 1 is 1.19 bits per heavy atom. The maximum absolute atomic E-state index is 13.2. The maximum Gasteiger partial charge on any atom is 0.249 e. The first-order valence-electron chi connectivity index (χ1n) is 8.85. The highest BCUT2D eigenvalue weighted by Crippen LogP contribution is 2.46. The average Bonchev–Trinajstić information content (AvgIpc) is 2.96. The van der Waals surface area contributed by atoms with Crippen LogP contribution in [0.15, 0.2) is 39.8 Å². The minimum absolute atomic E-state index is 0.0833. The Bertz CT molecular complexity index is 915. The van der Waals surface area contributed by atoms with Gasteiger partial charge in [0.1, 0.15) is 10.6 Å². The summed E-state index contributed by atoms with van der Waals surface area (Å²) in [4.78, 5) is 0.219. The van der Waals surface area contributed by atoms with Gasteiger partial charge in [0, 0.05) is 31.1 Å². The van der Waals surface area contributed by atoms with Crippen LogP contribution in [0, 0.1) is 13.8 Å². The summed E-state index contributed by atoms with van der Waals surface area (Å²) in [6.45, 7) is 6.63. The Hall–Kier alpha value is -1.96. The summed E-state index contributed by atoms with van der Waals surface area (Å²) < 4.78 is 33.2. The summed E-state index contributed by atoms with van der Waals surface area (Å²) in [6, 6.07) is 8.24. The van der Waals surface area contributed by atoms with Gasteiger partial charge in [-0.15, -0.1) is 0 Å². The second-order valence-electron chi connectivity index (χ2n) is 6.97. The van der Waals surface area contributed by atoms with Gasteiger partial charge in [-0.25, -0.2) is 8.42 Å². The molecule has 3 atom stereocenters. The van der Waals surface area contributed by atoms with Crippen molar-refractivity contribution < 1.29 is 12.9 Å². The molecule has 0 radical (unpaired) electrons. The number of rotatable bonds is 4. The average molecular weight is 373 g/mol. The fourth-order valence-corrected chi connectivity index (χ4v) is 6.45. The molecule has 7 heteroatoms. The lowest BCUT2D eigenvalue weighted by atomic mass is 9.75. The van der Waals surface area contributed by atoms with Gasteiger partial charge in [-0.3, -0.25) is 0 Å². The van der Waals surface area contributed by atoms with Crippen LogP contribution in [0.2, 0.25) is 0 Å². The van der Waals surface area contributed by atoms with Crippen molar-refractivity contribution in [3.05, 3.63) is 52.9 Å². The van der Waals surface area contributed by atoms with Crippen LogP contribution >= 0.6 is 0 Å². The van der Waals surface area contributed by atoms with Crippen LogP contribution in [-0.2, 0) is 10.0 Å². The lowest BCUT2D eigenvalue weighted by molar-refractivity contribution is 0.0369. The van der Waals surface area contributed by atoms with Crippen LogP contribution in [0.25, 0.3) is 6.08 Å². The third kappa shape index (κ3) is 2.53. The van der Waals surface area contributed by atoms with Crippen molar-refractivity contribution in [1.82, 2.24) is 14.8 Å². The highest BCUT2D eigenvalue weighted by atomic mass is 32.2. The summed E-state index contributed by atoms with van der Waals surface area (Å²) in [5.74, 6) is 0.568. The van der Waals surface area contributed by atoms with Gasteiger partial charge in [-0.2, -0.15) is 4.31 Å². The Morgan fingerprint density at radius 3 is 2.38 bits per heavy atom. The summed E-state index contributed by atoms with van der Waals surface area (Å²) in [5.41, 5.74) is 2.77. The van der Waals surface area contributed by atoms with E-state index >= 15 is 0 Å². The molecule has 2 aromatic rings. The molecule has 1 unspecified atom stereocenters. The predicted octanol–water partition coefficient (Wildman–Crippen LogP) is 2.45. The summed E-state index contributed by atoms with van der Waals surface area (Å²) in [6.07, 6.45) is 4.07. The van der Waals surface area contributed by atoms with Crippen molar-refractivity contribution in [1.29, 1.82) is 0 Å². The molecule has 6 nitrogen and oxygen atoms in total. The summed E-state index contributed by atoms with van der Waals surface area (Å²) >= 11 is 0. The molecule has 0 amide bonds. The summed E-state index contributed by atoms with van der Waals surface area (Å²) in [7, 11) is -3.61. The molecule has 3 heterocycles. The van der Waals surface area contributed by atoms with Gasteiger partial charge in [0.15, 0.2) is 5.76 Å². The minimum atomic E-state index is -3.61. The summed E-state index contributed by atoms with van der Waals surface area (Å²) in [5, 5.41) is 7.15. The van der Waals surface area contributed by atoms with Gasteiger partial charge in [0.05, 0.1) is 0 Å². The number of hydrogen-bond acceptors (Lipinski definition) is 5. The van der Waals surface area contributed by atoms with Crippen LogP contribution in [0.4, 0.5) is 0 Å². The zero-order chi connectivity index (χ0) is 18.5. The standard InChI is InChI=1S/C19H23N3O3S/c1-4-5-14-6-8-15(9-7-14)18-16-10-20-11-17(18)22(16)26(23,24)19-12(2)21-25-13(19)3/h4-9,16-18,20H,10-11H2,1-3H3/b5-4+/t16-,17+,18?. The van der Waals surface area contributed by atoms with Crippen molar-refractivity contribution in [2.45, 2.75) is 43.7 Å². The number of hydrogen-bond donors (Lipinski definition) is 1. The third-order valence-corrected chi connectivity index (χ3v) is 7.57. The smallest absolute Gasteiger partial charge is 0.249 e. The van der Waals surface area contributed by atoms with Crippen molar-refractivity contribution in [3.63, 3.8) is 0 Å². The highest BCUT2D eigenvalue weighted by molar-refractivity contribution is 7.89. The molecule has 26 heavy (non-hydrogen) atoms. The number of piperazine rings is 1. The maximum atomic E-state index is 13.2.